The molecule has 1 aromatic carbocycles. The van der Waals surface area contributed by atoms with E-state index in [0.29, 0.717) is 18.0 Å². The van der Waals surface area contributed by atoms with E-state index in [-0.39, 0.29) is 6.04 Å². The zero-order valence-corrected chi connectivity index (χ0v) is 12.7. The van der Waals surface area contributed by atoms with E-state index in [4.69, 9.17) is 11.6 Å². The van der Waals surface area contributed by atoms with Crippen molar-refractivity contribution in [3.8, 4) is 0 Å². The Morgan fingerprint density at radius 2 is 2.16 bits per heavy atom. The molecule has 0 aliphatic heterocycles. The molecule has 0 bridgehead atoms. The zero-order valence-electron chi connectivity index (χ0n) is 12.0. The van der Waals surface area contributed by atoms with Crippen LogP contribution in [0.1, 0.15) is 38.8 Å². The maximum absolute atomic E-state index is 11.4. The normalized spacial score (nSPS) is 16.1. The van der Waals surface area contributed by atoms with Crippen molar-refractivity contribution < 1.29 is 9.90 Å². The number of carbonyl (C=O) groups is 1. The van der Waals surface area contributed by atoms with Crippen LogP contribution in [0.15, 0.2) is 24.3 Å². The fourth-order valence-electron chi connectivity index (χ4n) is 2.04. The van der Waals surface area contributed by atoms with Gasteiger partial charge < -0.3 is 5.11 Å². The van der Waals surface area contributed by atoms with Crippen LogP contribution in [0.3, 0.4) is 0 Å². The van der Waals surface area contributed by atoms with Gasteiger partial charge in [0.05, 0.1) is 5.41 Å². The standard InChI is InChI=1S/C15H22ClNO2/c1-5-15(3,14(18)19)10-17(4)11(2)12-7-6-8-13(16)9-12/h6-9,11H,5,10H2,1-4H3,(H,18,19). The minimum Gasteiger partial charge on any atom is -0.481 e. The third-order valence-corrected chi connectivity index (χ3v) is 4.12. The van der Waals surface area contributed by atoms with E-state index >= 15 is 0 Å². The van der Waals surface area contributed by atoms with Gasteiger partial charge in [0.2, 0.25) is 0 Å². The summed E-state index contributed by atoms with van der Waals surface area (Å²) < 4.78 is 0. The largest absolute Gasteiger partial charge is 0.481 e. The molecule has 0 heterocycles. The predicted octanol–water partition coefficient (Wildman–Crippen LogP) is 3.83. The molecule has 3 nitrogen and oxygen atoms in total. The van der Waals surface area contributed by atoms with Crippen LogP contribution in [0.4, 0.5) is 0 Å². The fraction of sp³-hybridized carbons (Fsp3) is 0.533. The van der Waals surface area contributed by atoms with Gasteiger partial charge in [-0.25, -0.2) is 0 Å². The molecule has 2 atom stereocenters. The second kappa shape index (κ2) is 6.40. The zero-order chi connectivity index (χ0) is 14.6. The van der Waals surface area contributed by atoms with Gasteiger partial charge >= 0.3 is 5.97 Å². The molecule has 1 N–H and O–H groups in total. The monoisotopic (exact) mass is 283 g/mol. The average Bonchev–Trinajstić information content (AvgIpc) is 2.37. The Balaban J connectivity index is 2.83. The number of nitrogens with zero attached hydrogens (tertiary/aromatic N) is 1. The Kier molecular flexibility index (Phi) is 5.39. The third-order valence-electron chi connectivity index (χ3n) is 3.89. The number of benzene rings is 1. The molecule has 0 saturated heterocycles. The fourth-order valence-corrected chi connectivity index (χ4v) is 2.24. The molecule has 1 aromatic rings. The summed E-state index contributed by atoms with van der Waals surface area (Å²) in [6.07, 6.45) is 0.606. The van der Waals surface area contributed by atoms with Gasteiger partial charge in [-0.15, -0.1) is 0 Å². The number of hydrogen-bond acceptors (Lipinski definition) is 2. The molecule has 0 radical (unpaired) electrons. The number of halogens is 1. The van der Waals surface area contributed by atoms with Crippen molar-refractivity contribution in [2.45, 2.75) is 33.2 Å². The first kappa shape index (κ1) is 16.0. The van der Waals surface area contributed by atoms with Gasteiger partial charge in [0.1, 0.15) is 0 Å². The molecule has 0 saturated carbocycles. The van der Waals surface area contributed by atoms with Crippen molar-refractivity contribution in [2.75, 3.05) is 13.6 Å². The summed E-state index contributed by atoms with van der Waals surface area (Å²) in [5.74, 6) is -0.750. The molecule has 19 heavy (non-hydrogen) atoms. The van der Waals surface area contributed by atoms with Gasteiger partial charge in [-0.1, -0.05) is 30.7 Å². The van der Waals surface area contributed by atoms with E-state index in [1.165, 1.54) is 0 Å². The van der Waals surface area contributed by atoms with Crippen LogP contribution in [-0.4, -0.2) is 29.6 Å². The van der Waals surface area contributed by atoms with E-state index in [9.17, 15) is 9.90 Å². The molecule has 2 unspecified atom stereocenters. The third kappa shape index (κ3) is 3.95. The Bertz CT molecular complexity index is 450. The number of carboxylic acid groups (broad SMARTS) is 1. The van der Waals surface area contributed by atoms with E-state index in [1.807, 2.05) is 38.2 Å². The van der Waals surface area contributed by atoms with Gasteiger partial charge in [-0.3, -0.25) is 9.69 Å². The molecule has 1 rings (SSSR count). The second-order valence-corrected chi connectivity index (χ2v) is 5.80. The average molecular weight is 284 g/mol. The van der Waals surface area contributed by atoms with Crippen LogP contribution in [0.5, 0.6) is 0 Å². The van der Waals surface area contributed by atoms with Crippen molar-refractivity contribution in [1.29, 1.82) is 0 Å². The van der Waals surface area contributed by atoms with Gasteiger partial charge in [-0.05, 0) is 45.0 Å². The minimum atomic E-state index is -0.750. The summed E-state index contributed by atoms with van der Waals surface area (Å²) in [5.41, 5.74) is 0.376. The Labute approximate surface area is 120 Å². The molecular formula is C15H22ClNO2. The first-order valence-electron chi connectivity index (χ1n) is 6.49. The smallest absolute Gasteiger partial charge is 0.310 e. The Hall–Kier alpha value is -1.06. The summed E-state index contributed by atoms with van der Waals surface area (Å²) in [5, 5.41) is 10.0. The molecule has 106 valence electrons. The van der Waals surface area contributed by atoms with Crippen molar-refractivity contribution in [3.05, 3.63) is 34.9 Å². The molecule has 0 fully saturated rings. The van der Waals surface area contributed by atoms with Crippen LogP contribution in [0.2, 0.25) is 5.02 Å². The highest BCUT2D eigenvalue weighted by Gasteiger charge is 2.33. The topological polar surface area (TPSA) is 40.5 Å². The number of rotatable bonds is 6. The first-order valence-corrected chi connectivity index (χ1v) is 6.87. The second-order valence-electron chi connectivity index (χ2n) is 5.37. The highest BCUT2D eigenvalue weighted by molar-refractivity contribution is 6.30. The quantitative estimate of drug-likeness (QED) is 0.862. The Morgan fingerprint density at radius 3 is 2.63 bits per heavy atom. The maximum atomic E-state index is 11.4. The van der Waals surface area contributed by atoms with E-state index < -0.39 is 11.4 Å². The van der Waals surface area contributed by atoms with E-state index in [2.05, 4.69) is 11.8 Å². The summed E-state index contributed by atoms with van der Waals surface area (Å²) in [6, 6.07) is 7.82. The number of carboxylic acids is 1. The molecule has 0 amide bonds. The maximum Gasteiger partial charge on any atom is 0.310 e. The lowest BCUT2D eigenvalue weighted by Gasteiger charge is -2.33. The van der Waals surface area contributed by atoms with Gasteiger partial charge in [0, 0.05) is 17.6 Å². The van der Waals surface area contributed by atoms with Gasteiger partial charge in [0.25, 0.3) is 0 Å². The van der Waals surface area contributed by atoms with Crippen molar-refractivity contribution >= 4 is 17.6 Å². The van der Waals surface area contributed by atoms with Crippen molar-refractivity contribution in [1.82, 2.24) is 4.90 Å². The number of hydrogen-bond donors (Lipinski definition) is 1. The molecule has 0 aliphatic carbocycles. The lowest BCUT2D eigenvalue weighted by atomic mass is 9.86. The van der Waals surface area contributed by atoms with E-state index in [1.54, 1.807) is 6.92 Å². The molecular weight excluding hydrogens is 262 g/mol. The van der Waals surface area contributed by atoms with Crippen molar-refractivity contribution in [3.63, 3.8) is 0 Å². The van der Waals surface area contributed by atoms with Crippen LogP contribution < -0.4 is 0 Å². The SMILES string of the molecule is CCC(C)(CN(C)C(C)c1cccc(Cl)c1)C(=O)O. The predicted molar refractivity (Wildman–Crippen MR) is 78.5 cm³/mol. The van der Waals surface area contributed by atoms with Crippen LogP contribution in [-0.2, 0) is 4.79 Å². The number of aliphatic carboxylic acids is 1. The van der Waals surface area contributed by atoms with Crippen molar-refractivity contribution in [2.24, 2.45) is 5.41 Å². The molecule has 4 heteroatoms. The highest BCUT2D eigenvalue weighted by Crippen LogP contribution is 2.28. The minimum absolute atomic E-state index is 0.129. The molecule has 0 spiro atoms. The lowest BCUT2D eigenvalue weighted by molar-refractivity contribution is -0.149. The highest BCUT2D eigenvalue weighted by atomic mass is 35.5. The van der Waals surface area contributed by atoms with Crippen LogP contribution in [0, 0.1) is 5.41 Å². The van der Waals surface area contributed by atoms with E-state index in [0.717, 1.165) is 5.56 Å². The van der Waals surface area contributed by atoms with Crippen LogP contribution in [0.25, 0.3) is 0 Å². The van der Waals surface area contributed by atoms with Gasteiger partial charge in [0.15, 0.2) is 0 Å². The van der Waals surface area contributed by atoms with Crippen LogP contribution >= 0.6 is 11.6 Å². The summed E-state index contributed by atoms with van der Waals surface area (Å²) in [6.45, 7) is 6.26. The first-order chi connectivity index (χ1) is 8.80. The summed E-state index contributed by atoms with van der Waals surface area (Å²) in [4.78, 5) is 13.4. The lowest BCUT2D eigenvalue weighted by Crippen LogP contribution is -2.40. The summed E-state index contributed by atoms with van der Waals surface area (Å²) in [7, 11) is 1.95. The molecule has 0 aliphatic rings. The Morgan fingerprint density at radius 1 is 1.53 bits per heavy atom. The van der Waals surface area contributed by atoms with Gasteiger partial charge in [-0.2, -0.15) is 0 Å². The summed E-state index contributed by atoms with van der Waals surface area (Å²) >= 11 is 5.99. The molecule has 0 aromatic heterocycles.